The van der Waals surface area contributed by atoms with Gasteiger partial charge in [0.25, 0.3) is 0 Å². The molecule has 4 aliphatic heterocycles. The zero-order chi connectivity index (χ0) is 16.4. The van der Waals surface area contributed by atoms with Gasteiger partial charge in [0.1, 0.15) is 5.60 Å². The highest BCUT2D eigenvalue weighted by Gasteiger charge is 2.66. The third-order valence-electron chi connectivity index (χ3n) is 6.26. The van der Waals surface area contributed by atoms with E-state index in [2.05, 4.69) is 13.8 Å². The van der Waals surface area contributed by atoms with Crippen molar-refractivity contribution in [1.82, 2.24) is 4.90 Å². The number of ether oxygens (including phenoxy) is 1. The highest BCUT2D eigenvalue weighted by molar-refractivity contribution is 5.90. The normalized spacial score (nSPS) is 45.1. The second-order valence-corrected chi connectivity index (χ2v) is 7.73. The summed E-state index contributed by atoms with van der Waals surface area (Å²) < 4.78 is 5.91. The van der Waals surface area contributed by atoms with E-state index in [1.54, 1.807) is 11.0 Å². The molecule has 6 nitrogen and oxygen atoms in total. The van der Waals surface area contributed by atoms with E-state index < -0.39 is 29.5 Å². The van der Waals surface area contributed by atoms with Gasteiger partial charge in [-0.05, 0) is 13.8 Å². The molecule has 0 aromatic rings. The molecule has 126 valence electrons. The largest absolute Gasteiger partial charge is 0.550 e. The molecule has 4 aliphatic rings. The lowest BCUT2D eigenvalue weighted by atomic mass is 9.77. The predicted octanol–water partition coefficient (Wildman–Crippen LogP) is -2.03. The Morgan fingerprint density at radius 2 is 2.13 bits per heavy atom. The van der Waals surface area contributed by atoms with Crippen LogP contribution in [0.25, 0.3) is 0 Å². The molecule has 3 saturated heterocycles. The number of carboxylic acid groups (broad SMARTS) is 1. The van der Waals surface area contributed by atoms with Gasteiger partial charge >= 0.3 is 0 Å². The molecule has 0 unspecified atom stereocenters. The number of amides is 1. The first-order valence-corrected chi connectivity index (χ1v) is 8.66. The number of nitrogens with one attached hydrogen (secondary N) is 1. The summed E-state index contributed by atoms with van der Waals surface area (Å²) in [6.07, 6.45) is 5.16. The minimum absolute atomic E-state index is 0.0518. The second-order valence-electron chi connectivity index (χ2n) is 7.73. The molecule has 2 bridgehead atoms. The number of hydrogen-bond acceptors (Lipinski definition) is 4. The Kier molecular flexibility index (Phi) is 3.32. The van der Waals surface area contributed by atoms with E-state index >= 15 is 0 Å². The van der Waals surface area contributed by atoms with Crippen LogP contribution in [0.3, 0.4) is 0 Å². The van der Waals surface area contributed by atoms with Crippen molar-refractivity contribution < 1.29 is 24.3 Å². The Hall–Kier alpha value is -1.40. The molecule has 4 rings (SSSR count). The maximum Gasteiger partial charge on any atom is 0.230 e. The summed E-state index contributed by atoms with van der Waals surface area (Å²) >= 11 is 0. The molecular weight excluding hydrogens is 296 g/mol. The van der Waals surface area contributed by atoms with Crippen LogP contribution in [0, 0.1) is 11.8 Å². The molecule has 0 aromatic carbocycles. The van der Waals surface area contributed by atoms with E-state index in [4.69, 9.17) is 4.74 Å². The maximum atomic E-state index is 12.9. The number of likely N-dealkylation sites (tertiary alicyclic amines) is 2. The second kappa shape index (κ2) is 5.05. The summed E-state index contributed by atoms with van der Waals surface area (Å²) in [6, 6.07) is 0.816. The van der Waals surface area contributed by atoms with Crippen molar-refractivity contribution in [1.29, 1.82) is 0 Å². The number of rotatable bonds is 3. The molecule has 3 fully saturated rings. The van der Waals surface area contributed by atoms with Gasteiger partial charge in [-0.25, -0.2) is 0 Å². The van der Waals surface area contributed by atoms with Crippen LogP contribution in [0.2, 0.25) is 0 Å². The van der Waals surface area contributed by atoms with Crippen LogP contribution in [-0.2, 0) is 14.3 Å². The molecule has 0 saturated carbocycles. The Balaban J connectivity index is 1.52. The smallest absolute Gasteiger partial charge is 0.230 e. The van der Waals surface area contributed by atoms with E-state index in [9.17, 15) is 14.7 Å². The van der Waals surface area contributed by atoms with Gasteiger partial charge in [-0.2, -0.15) is 0 Å². The standard InChI is InChI=1S/C17H24N2O4/c1-10(2)18-7-4-11(5-8-18)19-9-17-6-3-12(23-17)13(16(21)22)14(17)15(19)20/h3,6,10-14H,4-5,7-9H2,1-2H3,(H,21,22)/t12-,13+,14-,17+/m0/s1. The van der Waals surface area contributed by atoms with Crippen LogP contribution < -0.4 is 10.0 Å². The van der Waals surface area contributed by atoms with Crippen LogP contribution in [-0.4, -0.2) is 60.2 Å². The SMILES string of the molecule is CC(C)[NH+]1CCC(N2C[C@@]34C=C[C@H](O3)[C@@H](C(=O)[O-])[C@H]4C2=O)CC1. The lowest BCUT2D eigenvalue weighted by molar-refractivity contribution is -0.926. The molecule has 1 N–H and O–H groups in total. The molecule has 23 heavy (non-hydrogen) atoms. The minimum Gasteiger partial charge on any atom is -0.550 e. The Morgan fingerprint density at radius 3 is 2.74 bits per heavy atom. The van der Waals surface area contributed by atoms with Crippen molar-refractivity contribution in [2.45, 2.75) is 50.5 Å². The number of quaternary nitrogens is 1. The number of carboxylic acids is 1. The van der Waals surface area contributed by atoms with Crippen molar-refractivity contribution in [3.05, 3.63) is 12.2 Å². The van der Waals surface area contributed by atoms with Gasteiger partial charge in [-0.1, -0.05) is 12.2 Å². The summed E-state index contributed by atoms with van der Waals surface area (Å²) in [5.41, 5.74) is -0.728. The van der Waals surface area contributed by atoms with Crippen molar-refractivity contribution in [3.63, 3.8) is 0 Å². The first-order valence-electron chi connectivity index (χ1n) is 8.66. The molecule has 0 aliphatic carbocycles. The van der Waals surface area contributed by atoms with E-state index in [-0.39, 0.29) is 11.9 Å². The summed E-state index contributed by atoms with van der Waals surface area (Å²) in [5.74, 6) is -2.65. The highest BCUT2D eigenvalue weighted by atomic mass is 16.5. The zero-order valence-electron chi connectivity index (χ0n) is 13.7. The van der Waals surface area contributed by atoms with Gasteiger partial charge in [0, 0.05) is 30.8 Å². The van der Waals surface area contributed by atoms with Gasteiger partial charge in [0.2, 0.25) is 5.91 Å². The van der Waals surface area contributed by atoms with E-state index in [1.165, 1.54) is 0 Å². The average Bonchev–Trinajstić information content (AvgIpc) is 3.15. The lowest BCUT2D eigenvalue weighted by Crippen LogP contribution is -3.16. The number of carbonyl (C=O) groups is 2. The van der Waals surface area contributed by atoms with Crippen LogP contribution >= 0.6 is 0 Å². The number of carbonyl (C=O) groups excluding carboxylic acids is 2. The Morgan fingerprint density at radius 1 is 1.43 bits per heavy atom. The van der Waals surface area contributed by atoms with Crippen LogP contribution in [0.1, 0.15) is 26.7 Å². The molecule has 0 aromatic heterocycles. The van der Waals surface area contributed by atoms with Crippen LogP contribution in [0.4, 0.5) is 0 Å². The summed E-state index contributed by atoms with van der Waals surface area (Å²) in [5, 5.41) is 11.5. The van der Waals surface area contributed by atoms with E-state index in [0.717, 1.165) is 25.9 Å². The summed E-state index contributed by atoms with van der Waals surface area (Å²) in [4.78, 5) is 27.9. The van der Waals surface area contributed by atoms with Gasteiger partial charge in [-0.15, -0.1) is 0 Å². The van der Waals surface area contributed by atoms with Crippen LogP contribution in [0.15, 0.2) is 12.2 Å². The maximum absolute atomic E-state index is 12.9. The molecule has 1 amide bonds. The molecule has 0 radical (unpaired) electrons. The van der Waals surface area contributed by atoms with E-state index in [1.807, 2.05) is 11.0 Å². The van der Waals surface area contributed by atoms with Crippen molar-refractivity contribution in [2.24, 2.45) is 11.8 Å². The van der Waals surface area contributed by atoms with Crippen LogP contribution in [0.5, 0.6) is 0 Å². The zero-order valence-corrected chi connectivity index (χ0v) is 13.7. The summed E-state index contributed by atoms with van der Waals surface area (Å²) in [6.45, 7) is 7.07. The lowest BCUT2D eigenvalue weighted by Gasteiger charge is -2.37. The topological polar surface area (TPSA) is 74.1 Å². The number of aliphatic carboxylic acids is 1. The summed E-state index contributed by atoms with van der Waals surface area (Å²) in [7, 11) is 0. The van der Waals surface area contributed by atoms with E-state index in [0.29, 0.717) is 12.6 Å². The van der Waals surface area contributed by atoms with Crippen molar-refractivity contribution in [3.8, 4) is 0 Å². The van der Waals surface area contributed by atoms with Gasteiger partial charge in [0.05, 0.1) is 37.7 Å². The number of nitrogens with zero attached hydrogens (tertiary/aromatic N) is 1. The number of hydrogen-bond donors (Lipinski definition) is 1. The predicted molar refractivity (Wildman–Crippen MR) is 79.3 cm³/mol. The number of fused-ring (bicyclic) bond motifs is 1. The Bertz CT molecular complexity index is 567. The fourth-order valence-electron chi connectivity index (χ4n) is 4.97. The molecule has 6 heteroatoms. The third-order valence-corrected chi connectivity index (χ3v) is 6.26. The van der Waals surface area contributed by atoms with Gasteiger partial charge in [-0.3, -0.25) is 4.79 Å². The van der Waals surface area contributed by atoms with Crippen molar-refractivity contribution >= 4 is 11.9 Å². The van der Waals surface area contributed by atoms with Gasteiger partial charge in [0.15, 0.2) is 0 Å². The average molecular weight is 320 g/mol. The molecule has 4 heterocycles. The molecule has 4 atom stereocenters. The molecular formula is C17H24N2O4. The minimum atomic E-state index is -1.17. The quantitative estimate of drug-likeness (QED) is 0.609. The van der Waals surface area contributed by atoms with Crippen molar-refractivity contribution in [2.75, 3.05) is 19.6 Å². The van der Waals surface area contributed by atoms with Gasteiger partial charge < -0.3 is 24.4 Å². The monoisotopic (exact) mass is 320 g/mol. The first kappa shape index (κ1) is 15.1. The molecule has 1 spiro atoms. The first-order chi connectivity index (χ1) is 10.9. The third kappa shape index (κ3) is 2.08. The fraction of sp³-hybridized carbons (Fsp3) is 0.765. The fourth-order valence-corrected chi connectivity index (χ4v) is 4.97. The Labute approximate surface area is 136 Å². The number of piperidine rings is 1. The highest BCUT2D eigenvalue weighted by Crippen LogP contribution is 2.52.